The van der Waals surface area contributed by atoms with Crippen molar-refractivity contribution in [3.05, 3.63) is 11.8 Å². The fourth-order valence-corrected chi connectivity index (χ4v) is 1.59. The Bertz CT molecular complexity index is 409. The molecule has 0 aliphatic rings. The van der Waals surface area contributed by atoms with E-state index in [1.165, 1.54) is 7.11 Å². The van der Waals surface area contributed by atoms with Crippen LogP contribution < -0.4 is 15.8 Å². The van der Waals surface area contributed by atoms with Crippen LogP contribution in [0.25, 0.3) is 0 Å². The molecular weight excluding hydrogens is 232 g/mol. The molecule has 1 amide bonds. The summed E-state index contributed by atoms with van der Waals surface area (Å²) in [5.74, 6) is 0.500. The fourth-order valence-electron chi connectivity index (χ4n) is 1.59. The summed E-state index contributed by atoms with van der Waals surface area (Å²) in [7, 11) is 1.52. The first-order valence-corrected chi connectivity index (χ1v) is 6.00. The van der Waals surface area contributed by atoms with Crippen molar-refractivity contribution >= 4 is 11.9 Å². The van der Waals surface area contributed by atoms with Gasteiger partial charge in [-0.3, -0.25) is 10.1 Å². The standard InChI is InChI=1S/C12H20N4O2/c1-4-5-9(13)7-10(17)15-12-14-8(2)6-11(16-12)18-3/h6,9H,4-5,7,13H2,1-3H3,(H,14,15,16,17). The fraction of sp³-hybridized carbons (Fsp3) is 0.583. The molecule has 1 aromatic rings. The molecule has 100 valence electrons. The molecule has 0 bridgehead atoms. The van der Waals surface area contributed by atoms with E-state index in [2.05, 4.69) is 15.3 Å². The maximum atomic E-state index is 11.7. The molecule has 6 heteroatoms. The number of nitrogens with one attached hydrogen (secondary N) is 1. The highest BCUT2D eigenvalue weighted by molar-refractivity contribution is 5.89. The first-order chi connectivity index (χ1) is 8.55. The highest BCUT2D eigenvalue weighted by Crippen LogP contribution is 2.11. The smallest absolute Gasteiger partial charge is 0.232 e. The van der Waals surface area contributed by atoms with Gasteiger partial charge >= 0.3 is 0 Å². The van der Waals surface area contributed by atoms with E-state index >= 15 is 0 Å². The predicted molar refractivity (Wildman–Crippen MR) is 69.5 cm³/mol. The van der Waals surface area contributed by atoms with E-state index in [0.29, 0.717) is 5.88 Å². The molecule has 3 N–H and O–H groups in total. The summed E-state index contributed by atoms with van der Waals surface area (Å²) in [6.45, 7) is 3.84. The van der Waals surface area contributed by atoms with Crippen LogP contribution in [-0.4, -0.2) is 29.0 Å². The molecule has 0 radical (unpaired) electrons. The Kier molecular flexibility index (Phi) is 5.51. The van der Waals surface area contributed by atoms with Gasteiger partial charge in [0.05, 0.1) is 7.11 Å². The van der Waals surface area contributed by atoms with Gasteiger partial charge in [0, 0.05) is 24.2 Å². The molecule has 1 rings (SSSR count). The van der Waals surface area contributed by atoms with E-state index in [9.17, 15) is 4.79 Å². The number of anilines is 1. The lowest BCUT2D eigenvalue weighted by atomic mass is 10.1. The minimum Gasteiger partial charge on any atom is -0.481 e. The van der Waals surface area contributed by atoms with Crippen molar-refractivity contribution in [2.24, 2.45) is 5.73 Å². The van der Waals surface area contributed by atoms with Crippen LogP contribution in [0.2, 0.25) is 0 Å². The summed E-state index contributed by atoms with van der Waals surface area (Å²) in [5, 5.41) is 2.63. The molecule has 1 aromatic heterocycles. The molecule has 0 aromatic carbocycles. The Labute approximate surface area is 107 Å². The SMILES string of the molecule is CCCC(N)CC(=O)Nc1nc(C)cc(OC)n1. The average molecular weight is 252 g/mol. The van der Waals surface area contributed by atoms with Gasteiger partial charge in [0.2, 0.25) is 17.7 Å². The molecule has 1 unspecified atom stereocenters. The van der Waals surface area contributed by atoms with E-state index in [1.54, 1.807) is 6.07 Å². The third-order valence-corrected chi connectivity index (χ3v) is 2.40. The summed E-state index contributed by atoms with van der Waals surface area (Å²) >= 11 is 0. The zero-order valence-electron chi connectivity index (χ0n) is 11.1. The van der Waals surface area contributed by atoms with Gasteiger partial charge in [-0.2, -0.15) is 4.98 Å². The number of nitrogens with two attached hydrogens (primary N) is 1. The minimum atomic E-state index is -0.177. The third-order valence-electron chi connectivity index (χ3n) is 2.40. The highest BCUT2D eigenvalue weighted by atomic mass is 16.5. The van der Waals surface area contributed by atoms with Gasteiger partial charge in [0.15, 0.2) is 0 Å². The van der Waals surface area contributed by atoms with Gasteiger partial charge < -0.3 is 10.5 Å². The van der Waals surface area contributed by atoms with Crippen molar-refractivity contribution in [2.75, 3.05) is 12.4 Å². The zero-order valence-corrected chi connectivity index (χ0v) is 11.1. The number of hydrogen-bond donors (Lipinski definition) is 2. The molecule has 0 aliphatic carbocycles. The van der Waals surface area contributed by atoms with Crippen LogP contribution in [0.5, 0.6) is 5.88 Å². The molecule has 6 nitrogen and oxygen atoms in total. The predicted octanol–water partition coefficient (Wildman–Crippen LogP) is 1.25. The Balaban J connectivity index is 2.61. The Morgan fingerprint density at radius 2 is 2.28 bits per heavy atom. The second-order valence-corrected chi connectivity index (χ2v) is 4.18. The maximum absolute atomic E-state index is 11.7. The topological polar surface area (TPSA) is 90.1 Å². The molecule has 0 saturated carbocycles. The Hall–Kier alpha value is -1.69. The summed E-state index contributed by atoms with van der Waals surface area (Å²) in [6, 6.07) is 1.57. The molecule has 1 heterocycles. The second-order valence-electron chi connectivity index (χ2n) is 4.18. The van der Waals surface area contributed by atoms with Crippen LogP contribution in [-0.2, 0) is 4.79 Å². The molecule has 1 atom stereocenters. The van der Waals surface area contributed by atoms with E-state index in [0.717, 1.165) is 18.5 Å². The van der Waals surface area contributed by atoms with Gasteiger partial charge in [0.1, 0.15) is 0 Å². The number of amides is 1. The van der Waals surface area contributed by atoms with E-state index < -0.39 is 0 Å². The van der Waals surface area contributed by atoms with Crippen LogP contribution in [0.1, 0.15) is 31.9 Å². The van der Waals surface area contributed by atoms with Crippen LogP contribution in [0.15, 0.2) is 6.07 Å². The van der Waals surface area contributed by atoms with Gasteiger partial charge in [-0.05, 0) is 13.3 Å². The van der Waals surface area contributed by atoms with Crippen molar-refractivity contribution in [3.63, 3.8) is 0 Å². The largest absolute Gasteiger partial charge is 0.481 e. The number of carbonyl (C=O) groups is 1. The first-order valence-electron chi connectivity index (χ1n) is 6.00. The first kappa shape index (κ1) is 14.4. The second kappa shape index (κ2) is 6.90. The number of carbonyl (C=O) groups excluding carboxylic acids is 1. The van der Waals surface area contributed by atoms with Gasteiger partial charge in [-0.15, -0.1) is 0 Å². The lowest BCUT2D eigenvalue weighted by Crippen LogP contribution is -2.27. The zero-order chi connectivity index (χ0) is 13.5. The van der Waals surface area contributed by atoms with Gasteiger partial charge in [-0.25, -0.2) is 4.98 Å². The molecule has 0 fully saturated rings. The van der Waals surface area contributed by atoms with Crippen molar-refractivity contribution in [1.82, 2.24) is 9.97 Å². The quantitative estimate of drug-likeness (QED) is 0.795. The number of hydrogen-bond acceptors (Lipinski definition) is 5. The van der Waals surface area contributed by atoms with Crippen LogP contribution in [0.4, 0.5) is 5.95 Å². The average Bonchev–Trinajstić information content (AvgIpc) is 2.27. The summed E-state index contributed by atoms with van der Waals surface area (Å²) in [6.07, 6.45) is 2.06. The number of aromatic nitrogens is 2. The minimum absolute atomic E-state index is 0.123. The van der Waals surface area contributed by atoms with E-state index in [1.807, 2.05) is 13.8 Å². The van der Waals surface area contributed by atoms with E-state index in [4.69, 9.17) is 10.5 Å². The van der Waals surface area contributed by atoms with Crippen LogP contribution in [0.3, 0.4) is 0 Å². The lowest BCUT2D eigenvalue weighted by molar-refractivity contribution is -0.116. The summed E-state index contributed by atoms with van der Waals surface area (Å²) in [5.41, 5.74) is 6.53. The Morgan fingerprint density at radius 1 is 1.56 bits per heavy atom. The number of methoxy groups -OCH3 is 1. The van der Waals surface area contributed by atoms with Crippen LogP contribution in [0, 0.1) is 6.92 Å². The molecule has 18 heavy (non-hydrogen) atoms. The van der Waals surface area contributed by atoms with Crippen molar-refractivity contribution in [2.45, 2.75) is 39.2 Å². The Morgan fingerprint density at radius 3 is 2.89 bits per heavy atom. The molecule has 0 aliphatic heterocycles. The summed E-state index contributed by atoms with van der Waals surface area (Å²) in [4.78, 5) is 19.8. The molecule has 0 spiro atoms. The maximum Gasteiger partial charge on any atom is 0.232 e. The van der Waals surface area contributed by atoms with Crippen LogP contribution >= 0.6 is 0 Å². The molecule has 0 saturated heterocycles. The number of ether oxygens (including phenoxy) is 1. The van der Waals surface area contributed by atoms with Crippen molar-refractivity contribution in [3.8, 4) is 5.88 Å². The normalized spacial score (nSPS) is 12.0. The molecular formula is C12H20N4O2. The summed E-state index contributed by atoms with van der Waals surface area (Å²) < 4.78 is 5.01. The third kappa shape index (κ3) is 4.67. The van der Waals surface area contributed by atoms with Crippen molar-refractivity contribution in [1.29, 1.82) is 0 Å². The number of rotatable bonds is 6. The van der Waals surface area contributed by atoms with E-state index in [-0.39, 0.29) is 24.3 Å². The highest BCUT2D eigenvalue weighted by Gasteiger charge is 2.11. The number of nitrogens with zero attached hydrogens (tertiary/aromatic N) is 2. The monoisotopic (exact) mass is 252 g/mol. The lowest BCUT2D eigenvalue weighted by Gasteiger charge is -2.10. The van der Waals surface area contributed by atoms with Gasteiger partial charge in [0.25, 0.3) is 0 Å². The van der Waals surface area contributed by atoms with Crippen molar-refractivity contribution < 1.29 is 9.53 Å². The van der Waals surface area contributed by atoms with Gasteiger partial charge in [-0.1, -0.05) is 13.3 Å². The number of aryl methyl sites for hydroxylation is 1.